The van der Waals surface area contributed by atoms with E-state index in [0.717, 1.165) is 17.6 Å². The summed E-state index contributed by atoms with van der Waals surface area (Å²) in [6.07, 6.45) is 4.69. The second-order valence-electron chi connectivity index (χ2n) is 7.40. The molecule has 1 amide bonds. The molecule has 0 atom stereocenters. The SMILES string of the molecule is O=C(Oc1ccccc1)N1CCN(C2(c3ccc(Br)cc3)CCCC2)CC1. The predicted octanol–water partition coefficient (Wildman–Crippen LogP) is 5.04. The van der Waals surface area contributed by atoms with Gasteiger partial charge in [-0.25, -0.2) is 4.79 Å². The highest BCUT2D eigenvalue weighted by atomic mass is 79.9. The minimum atomic E-state index is -0.245. The van der Waals surface area contributed by atoms with Crippen molar-refractivity contribution < 1.29 is 9.53 Å². The van der Waals surface area contributed by atoms with Gasteiger partial charge in [0, 0.05) is 36.2 Å². The minimum absolute atomic E-state index is 0.121. The van der Waals surface area contributed by atoms with Crippen molar-refractivity contribution in [1.29, 1.82) is 0 Å². The van der Waals surface area contributed by atoms with Gasteiger partial charge in [0.05, 0.1) is 0 Å². The zero-order valence-corrected chi connectivity index (χ0v) is 17.0. The molecule has 0 unspecified atom stereocenters. The molecular weight excluding hydrogens is 404 g/mol. The standard InChI is InChI=1S/C22H25BrN2O2/c23-19-10-8-18(9-11-19)22(12-4-5-13-22)25-16-14-24(15-17-25)21(26)27-20-6-2-1-3-7-20/h1-3,6-11H,4-5,12-17H2. The van der Waals surface area contributed by atoms with Crippen molar-refractivity contribution >= 4 is 22.0 Å². The van der Waals surface area contributed by atoms with E-state index in [1.165, 1.54) is 31.2 Å². The van der Waals surface area contributed by atoms with Gasteiger partial charge in [0.15, 0.2) is 0 Å². The van der Waals surface area contributed by atoms with E-state index in [0.29, 0.717) is 18.8 Å². The van der Waals surface area contributed by atoms with Crippen LogP contribution in [0.5, 0.6) is 5.75 Å². The van der Waals surface area contributed by atoms with Gasteiger partial charge in [-0.3, -0.25) is 4.90 Å². The van der Waals surface area contributed by atoms with Crippen LogP contribution in [0.1, 0.15) is 31.2 Å². The third-order valence-electron chi connectivity index (χ3n) is 5.90. The van der Waals surface area contributed by atoms with Crippen molar-refractivity contribution in [1.82, 2.24) is 9.80 Å². The van der Waals surface area contributed by atoms with Gasteiger partial charge in [0.2, 0.25) is 0 Å². The van der Waals surface area contributed by atoms with E-state index in [2.05, 4.69) is 45.1 Å². The van der Waals surface area contributed by atoms with Crippen LogP contribution in [0.15, 0.2) is 59.1 Å². The van der Waals surface area contributed by atoms with Crippen molar-refractivity contribution in [2.45, 2.75) is 31.2 Å². The zero-order chi connectivity index (χ0) is 18.7. The normalized spacial score (nSPS) is 19.8. The van der Waals surface area contributed by atoms with Crippen LogP contribution >= 0.6 is 15.9 Å². The molecule has 4 rings (SSSR count). The summed E-state index contributed by atoms with van der Waals surface area (Å²) in [4.78, 5) is 16.9. The number of para-hydroxylation sites is 1. The topological polar surface area (TPSA) is 32.8 Å². The second kappa shape index (κ2) is 8.03. The van der Waals surface area contributed by atoms with Gasteiger partial charge in [-0.05, 0) is 42.7 Å². The van der Waals surface area contributed by atoms with E-state index >= 15 is 0 Å². The Balaban J connectivity index is 1.43. The highest BCUT2D eigenvalue weighted by Crippen LogP contribution is 2.44. The van der Waals surface area contributed by atoms with Crippen LogP contribution in [0.25, 0.3) is 0 Å². The molecule has 1 heterocycles. The lowest BCUT2D eigenvalue weighted by atomic mass is 9.85. The van der Waals surface area contributed by atoms with Crippen molar-refractivity contribution in [3.05, 3.63) is 64.6 Å². The predicted molar refractivity (Wildman–Crippen MR) is 110 cm³/mol. The quantitative estimate of drug-likeness (QED) is 0.686. The van der Waals surface area contributed by atoms with Crippen LogP contribution in [-0.4, -0.2) is 42.1 Å². The summed E-state index contributed by atoms with van der Waals surface area (Å²) in [7, 11) is 0. The molecule has 2 fully saturated rings. The molecule has 0 spiro atoms. The van der Waals surface area contributed by atoms with Gasteiger partial charge in [0.25, 0.3) is 0 Å². The first-order valence-corrected chi connectivity index (χ1v) is 10.5. The molecule has 0 N–H and O–H groups in total. The Hall–Kier alpha value is -1.85. The maximum Gasteiger partial charge on any atom is 0.415 e. The number of nitrogens with zero attached hydrogens (tertiary/aromatic N) is 2. The highest BCUT2D eigenvalue weighted by molar-refractivity contribution is 9.10. The highest BCUT2D eigenvalue weighted by Gasteiger charge is 2.42. The molecule has 2 aromatic carbocycles. The molecule has 4 nitrogen and oxygen atoms in total. The summed E-state index contributed by atoms with van der Waals surface area (Å²) in [5.74, 6) is 0.604. The lowest BCUT2D eigenvalue weighted by Crippen LogP contribution is -2.56. The summed E-state index contributed by atoms with van der Waals surface area (Å²) in [6.45, 7) is 3.20. The van der Waals surface area contributed by atoms with Gasteiger partial charge in [-0.1, -0.05) is 59.1 Å². The van der Waals surface area contributed by atoms with Crippen LogP contribution in [-0.2, 0) is 5.54 Å². The first-order valence-electron chi connectivity index (χ1n) is 9.70. The molecule has 27 heavy (non-hydrogen) atoms. The number of halogens is 1. The third kappa shape index (κ3) is 3.90. The smallest absolute Gasteiger partial charge is 0.410 e. The third-order valence-corrected chi connectivity index (χ3v) is 6.43. The Labute approximate surface area is 169 Å². The summed E-state index contributed by atoms with van der Waals surface area (Å²) < 4.78 is 6.62. The molecule has 1 saturated heterocycles. The second-order valence-corrected chi connectivity index (χ2v) is 8.32. The lowest BCUT2D eigenvalue weighted by molar-refractivity contribution is 0.0354. The molecule has 2 aliphatic rings. The molecule has 1 aliphatic carbocycles. The van der Waals surface area contributed by atoms with Crippen LogP contribution in [0.2, 0.25) is 0 Å². The number of hydrogen-bond donors (Lipinski definition) is 0. The minimum Gasteiger partial charge on any atom is -0.410 e. The van der Waals surface area contributed by atoms with Crippen LogP contribution in [0.3, 0.4) is 0 Å². The average molecular weight is 429 g/mol. The first kappa shape index (κ1) is 18.5. The molecule has 142 valence electrons. The maximum atomic E-state index is 12.5. The Kier molecular flexibility index (Phi) is 5.50. The fraction of sp³-hybridized carbons (Fsp3) is 0.409. The fourth-order valence-corrected chi connectivity index (χ4v) is 4.74. The largest absolute Gasteiger partial charge is 0.415 e. The molecular formula is C22H25BrN2O2. The molecule has 1 aliphatic heterocycles. The van der Waals surface area contributed by atoms with Gasteiger partial charge < -0.3 is 9.64 Å². The van der Waals surface area contributed by atoms with Crippen molar-refractivity contribution in [3.63, 3.8) is 0 Å². The summed E-state index contributed by atoms with van der Waals surface area (Å²) in [5.41, 5.74) is 1.53. The Morgan fingerprint density at radius 2 is 1.52 bits per heavy atom. The Morgan fingerprint density at radius 1 is 0.889 bits per heavy atom. The Bertz CT molecular complexity index is 765. The average Bonchev–Trinajstić information content (AvgIpc) is 3.20. The summed E-state index contributed by atoms with van der Waals surface area (Å²) in [5, 5.41) is 0. The van der Waals surface area contributed by atoms with Crippen molar-refractivity contribution in [3.8, 4) is 5.75 Å². The number of piperazine rings is 1. The van der Waals surface area contributed by atoms with Gasteiger partial charge in [-0.15, -0.1) is 0 Å². The zero-order valence-electron chi connectivity index (χ0n) is 15.4. The Morgan fingerprint density at radius 3 is 2.15 bits per heavy atom. The van der Waals surface area contributed by atoms with E-state index in [-0.39, 0.29) is 11.6 Å². The number of hydrogen-bond acceptors (Lipinski definition) is 3. The monoisotopic (exact) mass is 428 g/mol. The molecule has 0 aromatic heterocycles. The van der Waals surface area contributed by atoms with Gasteiger partial charge in [-0.2, -0.15) is 0 Å². The molecule has 2 aromatic rings. The number of carbonyl (C=O) groups is 1. The summed E-state index contributed by atoms with van der Waals surface area (Å²) >= 11 is 3.55. The van der Waals surface area contributed by atoms with Crippen LogP contribution in [0.4, 0.5) is 4.79 Å². The first-order chi connectivity index (χ1) is 13.2. The number of rotatable bonds is 3. The lowest BCUT2D eigenvalue weighted by Gasteiger charge is -2.46. The maximum absolute atomic E-state index is 12.5. The van der Waals surface area contributed by atoms with Crippen molar-refractivity contribution in [2.24, 2.45) is 0 Å². The van der Waals surface area contributed by atoms with Gasteiger partial charge in [0.1, 0.15) is 5.75 Å². The van der Waals surface area contributed by atoms with E-state index < -0.39 is 0 Å². The van der Waals surface area contributed by atoms with Crippen LogP contribution < -0.4 is 4.74 Å². The van der Waals surface area contributed by atoms with Crippen molar-refractivity contribution in [2.75, 3.05) is 26.2 Å². The van der Waals surface area contributed by atoms with Gasteiger partial charge >= 0.3 is 6.09 Å². The van der Waals surface area contributed by atoms with E-state index in [4.69, 9.17) is 4.74 Å². The number of carbonyl (C=O) groups excluding carboxylic acids is 1. The number of benzene rings is 2. The summed E-state index contributed by atoms with van der Waals surface area (Å²) in [6, 6.07) is 18.1. The molecule has 1 saturated carbocycles. The fourth-order valence-electron chi connectivity index (χ4n) is 4.48. The number of amides is 1. The molecule has 0 radical (unpaired) electrons. The van der Waals surface area contributed by atoms with E-state index in [1.807, 2.05) is 35.2 Å². The molecule has 0 bridgehead atoms. The van der Waals surface area contributed by atoms with E-state index in [1.54, 1.807) is 0 Å². The van der Waals surface area contributed by atoms with Crippen LogP contribution in [0, 0.1) is 0 Å². The number of ether oxygens (including phenoxy) is 1. The van der Waals surface area contributed by atoms with E-state index in [9.17, 15) is 4.79 Å². The molecule has 5 heteroatoms.